The fourth-order valence-corrected chi connectivity index (χ4v) is 3.67. The minimum absolute atomic E-state index is 0.0816. The lowest BCUT2D eigenvalue weighted by molar-refractivity contribution is -0.604. The van der Waals surface area contributed by atoms with E-state index >= 15 is 0 Å². The van der Waals surface area contributed by atoms with Gasteiger partial charge >= 0.3 is 0 Å². The highest BCUT2D eigenvalue weighted by atomic mass is 35.5. The summed E-state index contributed by atoms with van der Waals surface area (Å²) in [5, 5.41) is 6.07. The molecule has 3 rings (SSSR count). The summed E-state index contributed by atoms with van der Waals surface area (Å²) in [5.41, 5.74) is 3.44. The van der Waals surface area contributed by atoms with Crippen molar-refractivity contribution in [3.63, 3.8) is 0 Å². The Kier molecular flexibility index (Phi) is 6.77. The Balaban J connectivity index is 1.52. The highest BCUT2D eigenvalue weighted by Gasteiger charge is 2.07. The molecule has 0 saturated carbocycles. The van der Waals surface area contributed by atoms with E-state index in [-0.39, 0.29) is 5.02 Å². The first kappa shape index (κ1) is 19.0. The highest BCUT2D eigenvalue weighted by molar-refractivity contribution is 7.09. The van der Waals surface area contributed by atoms with Gasteiger partial charge in [0.15, 0.2) is 5.82 Å². The van der Waals surface area contributed by atoms with Crippen molar-refractivity contribution in [2.75, 3.05) is 11.9 Å². The van der Waals surface area contributed by atoms with E-state index in [0.717, 1.165) is 18.7 Å². The maximum absolute atomic E-state index is 13.2. The second-order valence-corrected chi connectivity index (χ2v) is 7.61. The Morgan fingerprint density at radius 3 is 3.08 bits per heavy atom. The zero-order chi connectivity index (χ0) is 18.4. The van der Waals surface area contributed by atoms with Crippen molar-refractivity contribution < 1.29 is 9.71 Å². The third-order valence-corrected chi connectivity index (χ3v) is 5.22. The third kappa shape index (κ3) is 5.62. The van der Waals surface area contributed by atoms with Crippen LogP contribution in [-0.4, -0.2) is 15.9 Å². The van der Waals surface area contributed by atoms with Gasteiger partial charge in [0, 0.05) is 36.6 Å². The molecule has 1 aliphatic rings. The molecule has 0 saturated heterocycles. The molecule has 1 aliphatic carbocycles. The van der Waals surface area contributed by atoms with Crippen molar-refractivity contribution in [3.8, 4) is 0 Å². The molecule has 0 unspecified atom stereocenters. The fraction of sp³-hybridized carbons (Fsp3) is 0.368. The van der Waals surface area contributed by atoms with E-state index in [1.54, 1.807) is 11.6 Å². The number of benzene rings is 1. The van der Waals surface area contributed by atoms with Crippen LogP contribution in [0.25, 0.3) is 6.08 Å². The van der Waals surface area contributed by atoms with Crippen molar-refractivity contribution >= 4 is 40.0 Å². The van der Waals surface area contributed by atoms with Gasteiger partial charge in [-0.3, -0.25) is 0 Å². The summed E-state index contributed by atoms with van der Waals surface area (Å²) in [6.45, 7) is 3.13. The molecule has 26 heavy (non-hydrogen) atoms. The first-order valence-corrected chi connectivity index (χ1v) is 10.0. The summed E-state index contributed by atoms with van der Waals surface area (Å²) >= 11 is 7.06. The van der Waals surface area contributed by atoms with E-state index in [0.29, 0.717) is 16.6 Å². The van der Waals surface area contributed by atoms with Gasteiger partial charge in [0.1, 0.15) is 11.5 Å². The first-order chi connectivity index (χ1) is 12.6. The van der Waals surface area contributed by atoms with Gasteiger partial charge in [-0.15, -0.1) is 0 Å². The van der Waals surface area contributed by atoms with Crippen molar-refractivity contribution in [3.05, 3.63) is 52.2 Å². The predicted molar refractivity (Wildman–Crippen MR) is 106 cm³/mol. The second kappa shape index (κ2) is 9.26. The quantitative estimate of drug-likeness (QED) is 0.658. The molecule has 0 radical (unpaired) electrons. The van der Waals surface area contributed by atoms with Crippen molar-refractivity contribution in [1.29, 1.82) is 0 Å². The molecular weight excluding hydrogens is 371 g/mol. The number of quaternary nitrogens is 1. The predicted octanol–water partition coefficient (Wildman–Crippen LogP) is 4.89. The Morgan fingerprint density at radius 1 is 1.42 bits per heavy atom. The number of anilines is 2. The number of nitrogens with one attached hydrogen (secondary N) is 1. The van der Waals surface area contributed by atoms with Crippen LogP contribution in [0.5, 0.6) is 0 Å². The molecule has 0 bridgehead atoms. The molecule has 1 aromatic heterocycles. The Morgan fingerprint density at radius 2 is 2.31 bits per heavy atom. The SMILES string of the molecule is CC(=Cc1nsc(Nc2ccc(F)c(Cl)c2)n1)[NH2+]CCC1=CCCCC1. The Bertz CT molecular complexity index is 816. The van der Waals surface area contributed by atoms with E-state index in [1.807, 2.05) is 6.08 Å². The lowest BCUT2D eigenvalue weighted by atomic mass is 9.97. The largest absolute Gasteiger partial charge is 0.330 e. The number of hydrogen-bond acceptors (Lipinski definition) is 4. The van der Waals surface area contributed by atoms with Crippen LogP contribution in [0, 0.1) is 5.82 Å². The molecule has 1 heterocycles. The van der Waals surface area contributed by atoms with E-state index in [2.05, 4.69) is 33.0 Å². The molecule has 3 N–H and O–H groups in total. The molecule has 0 fully saturated rings. The number of hydrogen-bond donors (Lipinski definition) is 2. The standard InChI is InChI=1S/C19H22ClFN4S/c1-13(22-10-9-14-5-3-2-4-6-14)11-18-24-19(26-25-18)23-15-7-8-17(21)16(20)12-15/h5,7-8,11-12,22H,2-4,6,9-10H2,1H3,(H,23,24,25)/p+1. The third-order valence-electron chi connectivity index (χ3n) is 4.29. The van der Waals surface area contributed by atoms with Crippen LogP contribution in [0.15, 0.2) is 35.5 Å². The van der Waals surface area contributed by atoms with E-state index < -0.39 is 5.82 Å². The lowest BCUT2D eigenvalue weighted by Crippen LogP contribution is -2.81. The van der Waals surface area contributed by atoms with Gasteiger partial charge in [-0.25, -0.2) is 4.39 Å². The van der Waals surface area contributed by atoms with Gasteiger partial charge < -0.3 is 10.6 Å². The molecule has 1 aromatic carbocycles. The summed E-state index contributed by atoms with van der Waals surface area (Å²) in [4.78, 5) is 4.45. The summed E-state index contributed by atoms with van der Waals surface area (Å²) in [7, 11) is 0. The fourth-order valence-electron chi connectivity index (χ4n) is 2.92. The first-order valence-electron chi connectivity index (χ1n) is 8.85. The van der Waals surface area contributed by atoms with Crippen LogP contribution in [0.4, 0.5) is 15.2 Å². The van der Waals surface area contributed by atoms with Crippen molar-refractivity contribution in [1.82, 2.24) is 9.36 Å². The van der Waals surface area contributed by atoms with Gasteiger partial charge in [0.05, 0.1) is 11.6 Å². The summed E-state index contributed by atoms with van der Waals surface area (Å²) in [5.74, 6) is 0.240. The van der Waals surface area contributed by atoms with Crippen LogP contribution in [0.3, 0.4) is 0 Å². The van der Waals surface area contributed by atoms with Gasteiger partial charge in [-0.2, -0.15) is 9.36 Å². The average molecular weight is 394 g/mol. The van der Waals surface area contributed by atoms with Gasteiger partial charge in [0.2, 0.25) is 5.13 Å². The number of halogens is 2. The van der Waals surface area contributed by atoms with Crippen molar-refractivity contribution in [2.24, 2.45) is 0 Å². The Hall–Kier alpha value is -1.76. The topological polar surface area (TPSA) is 54.4 Å². The van der Waals surface area contributed by atoms with Crippen LogP contribution in [0.2, 0.25) is 5.02 Å². The number of rotatable bonds is 7. The Labute approximate surface area is 162 Å². The second-order valence-electron chi connectivity index (χ2n) is 6.45. The van der Waals surface area contributed by atoms with Crippen LogP contribution >= 0.6 is 23.1 Å². The number of nitrogens with zero attached hydrogens (tertiary/aromatic N) is 2. The molecule has 2 aromatic rings. The van der Waals surface area contributed by atoms with E-state index in [9.17, 15) is 4.39 Å². The van der Waals surface area contributed by atoms with Gasteiger partial charge in [-0.1, -0.05) is 23.3 Å². The minimum atomic E-state index is -0.437. The van der Waals surface area contributed by atoms with Crippen LogP contribution in [-0.2, 0) is 0 Å². The van der Waals surface area contributed by atoms with Crippen LogP contribution < -0.4 is 10.6 Å². The number of aromatic nitrogens is 2. The highest BCUT2D eigenvalue weighted by Crippen LogP contribution is 2.24. The molecular formula is C19H23ClFN4S+. The van der Waals surface area contributed by atoms with Crippen LogP contribution in [0.1, 0.15) is 44.9 Å². The normalized spacial score (nSPS) is 15.0. The van der Waals surface area contributed by atoms with E-state index in [4.69, 9.17) is 11.6 Å². The monoisotopic (exact) mass is 393 g/mol. The summed E-state index contributed by atoms with van der Waals surface area (Å²) in [6.07, 6.45) is 10.7. The maximum atomic E-state index is 13.2. The van der Waals surface area contributed by atoms with Gasteiger partial charge in [0.25, 0.3) is 0 Å². The molecule has 0 amide bonds. The number of allylic oxidation sites excluding steroid dienone is 2. The summed E-state index contributed by atoms with van der Waals surface area (Å²) in [6, 6.07) is 4.48. The minimum Gasteiger partial charge on any atom is -0.330 e. The molecule has 0 aliphatic heterocycles. The lowest BCUT2D eigenvalue weighted by Gasteiger charge is -2.11. The summed E-state index contributed by atoms with van der Waals surface area (Å²) < 4.78 is 17.5. The number of nitrogens with two attached hydrogens (primary N) is 1. The average Bonchev–Trinajstić information content (AvgIpc) is 3.06. The molecule has 0 atom stereocenters. The van der Waals surface area contributed by atoms with E-state index in [1.165, 1.54) is 49.3 Å². The molecule has 138 valence electrons. The zero-order valence-corrected chi connectivity index (χ0v) is 16.3. The van der Waals surface area contributed by atoms with Crippen molar-refractivity contribution in [2.45, 2.75) is 39.0 Å². The smallest absolute Gasteiger partial charge is 0.207 e. The zero-order valence-electron chi connectivity index (χ0n) is 14.8. The maximum Gasteiger partial charge on any atom is 0.207 e. The van der Waals surface area contributed by atoms with Gasteiger partial charge in [-0.05, 0) is 43.9 Å². The molecule has 4 nitrogen and oxygen atoms in total. The molecule has 7 heteroatoms. The molecule has 0 spiro atoms.